The summed E-state index contributed by atoms with van der Waals surface area (Å²) in [5.74, 6) is 0. The summed E-state index contributed by atoms with van der Waals surface area (Å²) in [6.07, 6.45) is 0. The van der Waals surface area contributed by atoms with Crippen LogP contribution in [-0.4, -0.2) is 0 Å². The molecule has 0 saturated heterocycles. The van der Waals surface area contributed by atoms with E-state index in [-0.39, 0.29) is 0 Å². The third-order valence-corrected chi connectivity index (χ3v) is 15.5. The minimum Gasteiger partial charge on any atom is -0.0616 e. The molecule has 0 atom stereocenters. The van der Waals surface area contributed by atoms with Crippen LogP contribution in [0.25, 0.3) is 162 Å². The highest BCUT2D eigenvalue weighted by atomic mass is 14.2. The average molecular weight is 829 g/mol. The van der Waals surface area contributed by atoms with E-state index in [1.807, 2.05) is 0 Å². The van der Waals surface area contributed by atoms with Gasteiger partial charge >= 0.3 is 0 Å². The molecule has 16 aromatic carbocycles. The Bertz CT molecular complexity index is 4390. The zero-order chi connectivity index (χ0) is 42.8. The topological polar surface area (TPSA) is 0 Å². The molecule has 0 amide bonds. The third kappa shape index (κ3) is 4.39. The fourth-order valence-corrected chi connectivity index (χ4v) is 12.8. The summed E-state index contributed by atoms with van der Waals surface area (Å²) in [7, 11) is 0. The van der Waals surface area contributed by atoms with Gasteiger partial charge < -0.3 is 0 Å². The van der Waals surface area contributed by atoms with E-state index in [4.69, 9.17) is 0 Å². The molecule has 0 aliphatic rings. The molecule has 0 spiro atoms. The molecule has 0 heterocycles. The highest BCUT2D eigenvalue weighted by Crippen LogP contribution is 2.49. The first-order chi connectivity index (χ1) is 32.8. The first-order valence-corrected chi connectivity index (χ1v) is 23.2. The van der Waals surface area contributed by atoms with Crippen LogP contribution < -0.4 is 0 Å². The third-order valence-electron chi connectivity index (χ3n) is 15.5. The first kappa shape index (κ1) is 34.9. The van der Waals surface area contributed by atoms with Crippen molar-refractivity contribution in [3.8, 4) is 22.3 Å². The molecule has 0 aromatic heterocycles. The van der Waals surface area contributed by atoms with Crippen molar-refractivity contribution in [3.63, 3.8) is 0 Å². The minimum absolute atomic E-state index is 1.24. The summed E-state index contributed by atoms with van der Waals surface area (Å²) in [6, 6.07) is 83.0. The number of hydrogen-bond donors (Lipinski definition) is 0. The number of benzene rings is 16. The van der Waals surface area contributed by atoms with E-state index in [0.717, 1.165) is 0 Å². The van der Waals surface area contributed by atoms with Gasteiger partial charge in [-0.15, -0.1) is 0 Å². The molecule has 16 aromatic rings. The maximum atomic E-state index is 2.50. The Labute approximate surface area is 378 Å². The Morgan fingerprint density at radius 3 is 0.833 bits per heavy atom. The van der Waals surface area contributed by atoms with E-state index >= 15 is 0 Å². The molecular formula is C66H36. The predicted molar refractivity (Wildman–Crippen MR) is 287 cm³/mol. The van der Waals surface area contributed by atoms with Crippen LogP contribution in [0.15, 0.2) is 218 Å². The Hall–Kier alpha value is -8.58. The van der Waals surface area contributed by atoms with Gasteiger partial charge in [-0.3, -0.25) is 0 Å². The summed E-state index contributed by atoms with van der Waals surface area (Å²) >= 11 is 0. The van der Waals surface area contributed by atoms with Gasteiger partial charge in [0.25, 0.3) is 0 Å². The molecule has 0 unspecified atom stereocenters. The van der Waals surface area contributed by atoms with Crippen LogP contribution in [0.3, 0.4) is 0 Å². The van der Waals surface area contributed by atoms with Gasteiger partial charge in [0.15, 0.2) is 0 Å². The summed E-state index contributed by atoms with van der Waals surface area (Å²) in [6.45, 7) is 0. The van der Waals surface area contributed by atoms with Gasteiger partial charge in [-0.25, -0.2) is 0 Å². The Balaban J connectivity index is 1.00. The van der Waals surface area contributed by atoms with Crippen LogP contribution in [0, 0.1) is 0 Å². The van der Waals surface area contributed by atoms with E-state index in [1.165, 1.54) is 162 Å². The fourth-order valence-electron chi connectivity index (χ4n) is 12.8. The number of hydrogen-bond acceptors (Lipinski definition) is 0. The Morgan fingerprint density at radius 2 is 0.424 bits per heavy atom. The molecule has 66 heavy (non-hydrogen) atoms. The van der Waals surface area contributed by atoms with Crippen LogP contribution in [0.4, 0.5) is 0 Å². The first-order valence-electron chi connectivity index (χ1n) is 23.2. The van der Waals surface area contributed by atoms with Crippen LogP contribution in [0.1, 0.15) is 0 Å². The molecule has 0 saturated carbocycles. The molecule has 16 rings (SSSR count). The number of rotatable bonds is 2. The van der Waals surface area contributed by atoms with Gasteiger partial charge in [-0.1, -0.05) is 206 Å². The van der Waals surface area contributed by atoms with Crippen molar-refractivity contribution in [2.75, 3.05) is 0 Å². The molecular weight excluding hydrogens is 793 g/mol. The van der Waals surface area contributed by atoms with E-state index in [1.54, 1.807) is 0 Å². The van der Waals surface area contributed by atoms with E-state index in [0.29, 0.717) is 0 Å². The van der Waals surface area contributed by atoms with Crippen molar-refractivity contribution in [1.82, 2.24) is 0 Å². The molecule has 0 N–H and O–H groups in total. The highest BCUT2D eigenvalue weighted by Gasteiger charge is 2.21. The molecule has 300 valence electrons. The normalized spacial score (nSPS) is 12.5. The molecule has 0 aliphatic carbocycles. The summed E-state index contributed by atoms with van der Waals surface area (Å²) < 4.78 is 0. The SMILES string of the molecule is c1ccc2c(c1)c1ccccc1c1c3cc(-c4ccc5c6cccc7cccc(c8cccc4c85)c76)ccc3c3ccc(-c4ccc5c6cccc7cccc(c8cccc4c85)c76)cc3c21. The molecule has 0 heteroatoms. The molecule has 0 bridgehead atoms. The molecule has 0 aliphatic heterocycles. The second-order valence-electron chi connectivity index (χ2n) is 18.6. The van der Waals surface area contributed by atoms with Crippen LogP contribution in [0.2, 0.25) is 0 Å². The van der Waals surface area contributed by atoms with Crippen LogP contribution in [0.5, 0.6) is 0 Å². The maximum Gasteiger partial charge on any atom is -0.00137 e. The zero-order valence-corrected chi connectivity index (χ0v) is 35.8. The lowest BCUT2D eigenvalue weighted by Crippen LogP contribution is -1.92. The highest BCUT2D eigenvalue weighted by molar-refractivity contribution is 6.41. The standard InChI is InChI=1S/C66H36/c1-3-17-49-43(15-1)44-16-2-4-18-50(44)66-60-36-40(42-32-34-58-54-22-8-14-38-12-6-20-52(62(38)54)56-26-10-24-48(42)64(56)58)28-30-46(60)45-29-27-39(35-59(45)65(49)66)41-31-33-57-53-21-7-13-37-11-5-19-51(61(37)53)55-25-9-23-47(41)63(55)57/h1-36H. The second kappa shape index (κ2) is 12.6. The van der Waals surface area contributed by atoms with Crippen LogP contribution in [-0.2, 0) is 0 Å². The molecule has 0 fully saturated rings. The van der Waals surface area contributed by atoms with Crippen LogP contribution >= 0.6 is 0 Å². The lowest BCUT2D eigenvalue weighted by molar-refractivity contribution is 1.71. The van der Waals surface area contributed by atoms with E-state index in [2.05, 4.69) is 218 Å². The lowest BCUT2D eigenvalue weighted by Gasteiger charge is -2.19. The lowest BCUT2D eigenvalue weighted by atomic mass is 9.83. The van der Waals surface area contributed by atoms with E-state index < -0.39 is 0 Å². The predicted octanol–water partition coefficient (Wildman–Crippen LogP) is 18.9. The summed E-state index contributed by atoms with van der Waals surface area (Å²) in [5, 5.41) is 34.0. The second-order valence-corrected chi connectivity index (χ2v) is 18.6. The monoisotopic (exact) mass is 828 g/mol. The van der Waals surface area contributed by atoms with Gasteiger partial charge in [0, 0.05) is 0 Å². The summed E-state index contributed by atoms with van der Waals surface area (Å²) in [5.41, 5.74) is 5.00. The number of fused-ring (bicyclic) bond motifs is 15. The van der Waals surface area contributed by atoms with Gasteiger partial charge in [0.05, 0.1) is 0 Å². The van der Waals surface area contributed by atoms with Gasteiger partial charge in [0.2, 0.25) is 0 Å². The quantitative estimate of drug-likeness (QED) is 0.120. The molecule has 0 radical (unpaired) electrons. The largest absolute Gasteiger partial charge is 0.0616 e. The maximum absolute atomic E-state index is 2.50. The van der Waals surface area contributed by atoms with Gasteiger partial charge in [0.1, 0.15) is 0 Å². The van der Waals surface area contributed by atoms with Crippen molar-refractivity contribution in [2.24, 2.45) is 0 Å². The molecule has 0 nitrogen and oxygen atoms in total. The smallest absolute Gasteiger partial charge is 0.00137 e. The fraction of sp³-hybridized carbons (Fsp3) is 0. The van der Waals surface area contributed by atoms with E-state index in [9.17, 15) is 0 Å². The van der Waals surface area contributed by atoms with Crippen molar-refractivity contribution >= 4 is 140 Å². The Morgan fingerprint density at radius 1 is 0.152 bits per heavy atom. The van der Waals surface area contributed by atoms with Gasteiger partial charge in [-0.2, -0.15) is 0 Å². The van der Waals surface area contributed by atoms with Gasteiger partial charge in [-0.05, 0) is 174 Å². The zero-order valence-electron chi connectivity index (χ0n) is 35.8. The summed E-state index contributed by atoms with van der Waals surface area (Å²) in [4.78, 5) is 0. The average Bonchev–Trinajstić information content (AvgIpc) is 3.38. The van der Waals surface area contributed by atoms with Crippen molar-refractivity contribution < 1.29 is 0 Å². The van der Waals surface area contributed by atoms with Crippen molar-refractivity contribution in [1.29, 1.82) is 0 Å². The minimum atomic E-state index is 1.24. The van der Waals surface area contributed by atoms with Crippen molar-refractivity contribution in [2.45, 2.75) is 0 Å². The van der Waals surface area contributed by atoms with Crippen molar-refractivity contribution in [3.05, 3.63) is 218 Å². The Kier molecular flexibility index (Phi) is 6.64.